The van der Waals surface area contributed by atoms with Gasteiger partial charge in [0.15, 0.2) is 20.0 Å². The summed E-state index contributed by atoms with van der Waals surface area (Å²) >= 11 is 0. The minimum absolute atomic E-state index is 0.257. The third kappa shape index (κ3) is 4.61. The van der Waals surface area contributed by atoms with Crippen molar-refractivity contribution in [2.24, 2.45) is 0 Å². The van der Waals surface area contributed by atoms with Crippen molar-refractivity contribution in [1.82, 2.24) is 19.7 Å². The van der Waals surface area contributed by atoms with Crippen molar-refractivity contribution >= 4 is 25.0 Å². The topological polar surface area (TPSA) is 78.0 Å². The zero-order valence-corrected chi connectivity index (χ0v) is 21.5. The Morgan fingerprint density at radius 1 is 1.16 bits per heavy atom. The summed E-state index contributed by atoms with van der Waals surface area (Å²) in [4.78, 5) is 8.92. The molecule has 3 aromatic rings. The molecule has 3 aromatic heterocycles. The molecule has 0 aliphatic heterocycles. The molecule has 1 N–H and O–H groups in total. The number of aryl methyl sites for hydroxylation is 2. The van der Waals surface area contributed by atoms with Crippen molar-refractivity contribution in [3.63, 3.8) is 0 Å². The van der Waals surface area contributed by atoms with E-state index in [0.29, 0.717) is 23.8 Å². The highest BCUT2D eigenvalue weighted by molar-refractivity contribution is 6.74. The van der Waals surface area contributed by atoms with Crippen LogP contribution in [0.2, 0.25) is 18.1 Å². The lowest BCUT2D eigenvalue weighted by Crippen LogP contribution is -2.45. The molecule has 0 saturated heterocycles. The summed E-state index contributed by atoms with van der Waals surface area (Å²) in [6, 6.07) is 2.53. The van der Waals surface area contributed by atoms with Gasteiger partial charge in [0, 0.05) is 43.3 Å². The Labute approximate surface area is 192 Å². The number of aromatic nitrogens is 4. The van der Waals surface area contributed by atoms with Crippen LogP contribution in [0.5, 0.6) is 0 Å². The maximum atomic E-state index is 6.65. The Morgan fingerprint density at radius 3 is 2.47 bits per heavy atom. The van der Waals surface area contributed by atoms with E-state index in [-0.39, 0.29) is 5.04 Å². The molecule has 0 bridgehead atoms. The van der Waals surface area contributed by atoms with Gasteiger partial charge in [0.2, 0.25) is 0 Å². The predicted octanol–water partition coefficient (Wildman–Crippen LogP) is 6.16. The lowest BCUT2D eigenvalue weighted by atomic mass is 9.93. The van der Waals surface area contributed by atoms with E-state index in [2.05, 4.69) is 57.2 Å². The van der Waals surface area contributed by atoms with Crippen LogP contribution >= 0.6 is 0 Å². The van der Waals surface area contributed by atoms with Crippen LogP contribution in [-0.2, 0) is 11.0 Å². The summed E-state index contributed by atoms with van der Waals surface area (Å²) in [7, 11) is -1.71. The van der Waals surface area contributed by atoms with E-state index in [0.717, 1.165) is 54.6 Å². The van der Waals surface area contributed by atoms with E-state index < -0.39 is 8.32 Å². The van der Waals surface area contributed by atoms with E-state index in [1.807, 2.05) is 17.8 Å². The second kappa shape index (κ2) is 8.63. The zero-order chi connectivity index (χ0) is 23.1. The molecule has 1 aliphatic carbocycles. The molecule has 4 rings (SSSR count). The quantitative estimate of drug-likeness (QED) is 0.449. The molecule has 0 amide bonds. The first-order valence-electron chi connectivity index (χ1n) is 11.8. The molecule has 0 spiro atoms. The van der Waals surface area contributed by atoms with Gasteiger partial charge in [0.05, 0.1) is 11.7 Å². The Hall–Kier alpha value is -2.19. The van der Waals surface area contributed by atoms with E-state index in [9.17, 15) is 0 Å². The normalized spacial score (nSPS) is 20.1. The van der Waals surface area contributed by atoms with Crippen LogP contribution in [0, 0.1) is 6.92 Å². The van der Waals surface area contributed by atoms with Gasteiger partial charge in [-0.05, 0) is 50.7 Å². The summed E-state index contributed by atoms with van der Waals surface area (Å²) in [5, 5.41) is 9.65. The molecule has 1 saturated carbocycles. The molecule has 1 fully saturated rings. The maximum absolute atomic E-state index is 6.65. The van der Waals surface area contributed by atoms with Crippen molar-refractivity contribution < 1.29 is 8.84 Å². The number of pyridine rings is 1. The van der Waals surface area contributed by atoms with Gasteiger partial charge in [0.25, 0.3) is 0 Å². The first-order chi connectivity index (χ1) is 15.1. The highest BCUT2D eigenvalue weighted by Gasteiger charge is 2.39. The molecular formula is C24H37N5O2Si. The first-order valence-corrected chi connectivity index (χ1v) is 14.7. The SMILES string of the molecule is CCn1nc(-c2cnc(C)o2)c2cnc(NC3CCC(O[Si](C)(C)C(C)(C)C)CC3)cc21. The molecule has 0 unspecified atom stereocenters. The molecule has 32 heavy (non-hydrogen) atoms. The number of rotatable bonds is 6. The third-order valence-electron chi connectivity index (χ3n) is 7.08. The number of fused-ring (bicyclic) bond motifs is 1. The number of anilines is 1. The van der Waals surface area contributed by atoms with Crippen molar-refractivity contribution in [3.05, 3.63) is 24.4 Å². The summed E-state index contributed by atoms with van der Waals surface area (Å²) in [5.74, 6) is 2.22. The maximum Gasteiger partial charge on any atom is 0.192 e. The molecule has 0 radical (unpaired) electrons. The average molecular weight is 456 g/mol. The molecule has 8 heteroatoms. The van der Waals surface area contributed by atoms with Gasteiger partial charge in [-0.15, -0.1) is 0 Å². The molecule has 1 aliphatic rings. The highest BCUT2D eigenvalue weighted by atomic mass is 28.4. The Kier molecular flexibility index (Phi) is 6.20. The summed E-state index contributed by atoms with van der Waals surface area (Å²) in [6.07, 6.45) is 8.44. The Bertz CT molecular complexity index is 1070. The van der Waals surface area contributed by atoms with Gasteiger partial charge >= 0.3 is 0 Å². The van der Waals surface area contributed by atoms with Crippen LogP contribution in [0.15, 0.2) is 22.9 Å². The third-order valence-corrected chi connectivity index (χ3v) is 11.6. The van der Waals surface area contributed by atoms with Gasteiger partial charge in [-0.1, -0.05) is 20.8 Å². The minimum Gasteiger partial charge on any atom is -0.439 e. The number of oxazole rings is 1. The summed E-state index contributed by atoms with van der Waals surface area (Å²) in [6.45, 7) is 16.3. The van der Waals surface area contributed by atoms with Crippen LogP contribution in [0.25, 0.3) is 22.4 Å². The van der Waals surface area contributed by atoms with Crippen molar-refractivity contribution in [2.75, 3.05) is 5.32 Å². The summed E-state index contributed by atoms with van der Waals surface area (Å²) in [5.41, 5.74) is 1.86. The van der Waals surface area contributed by atoms with Crippen molar-refractivity contribution in [3.8, 4) is 11.5 Å². The van der Waals surface area contributed by atoms with Crippen LogP contribution in [-0.4, -0.2) is 40.2 Å². The lowest BCUT2D eigenvalue weighted by Gasteiger charge is -2.41. The van der Waals surface area contributed by atoms with E-state index in [4.69, 9.17) is 18.9 Å². The van der Waals surface area contributed by atoms with Crippen molar-refractivity contribution in [2.45, 2.75) is 97.1 Å². The van der Waals surface area contributed by atoms with E-state index >= 15 is 0 Å². The molecule has 7 nitrogen and oxygen atoms in total. The second-order valence-electron chi connectivity index (χ2n) is 10.5. The minimum atomic E-state index is -1.71. The number of nitrogens with one attached hydrogen (secondary N) is 1. The summed E-state index contributed by atoms with van der Waals surface area (Å²) < 4.78 is 14.4. The van der Waals surface area contributed by atoms with Gasteiger partial charge < -0.3 is 14.2 Å². The van der Waals surface area contributed by atoms with Crippen LogP contribution in [0.3, 0.4) is 0 Å². The highest BCUT2D eigenvalue weighted by Crippen LogP contribution is 2.39. The largest absolute Gasteiger partial charge is 0.439 e. The average Bonchev–Trinajstić information content (AvgIpc) is 3.31. The fourth-order valence-electron chi connectivity index (χ4n) is 4.17. The Morgan fingerprint density at radius 2 is 1.88 bits per heavy atom. The van der Waals surface area contributed by atoms with Gasteiger partial charge in [-0.3, -0.25) is 4.68 Å². The first kappa shape index (κ1) is 23.0. The molecule has 0 aromatic carbocycles. The fraction of sp³-hybridized carbons (Fsp3) is 0.625. The fourth-order valence-corrected chi connectivity index (χ4v) is 5.59. The monoisotopic (exact) mass is 455 g/mol. The number of hydrogen-bond acceptors (Lipinski definition) is 6. The smallest absolute Gasteiger partial charge is 0.192 e. The second-order valence-corrected chi connectivity index (χ2v) is 15.2. The van der Waals surface area contributed by atoms with Gasteiger partial charge in [-0.2, -0.15) is 5.10 Å². The molecule has 0 atom stereocenters. The van der Waals surface area contributed by atoms with Crippen molar-refractivity contribution in [1.29, 1.82) is 0 Å². The van der Waals surface area contributed by atoms with Gasteiger partial charge in [0.1, 0.15) is 11.5 Å². The predicted molar refractivity (Wildman–Crippen MR) is 131 cm³/mol. The van der Waals surface area contributed by atoms with Crippen LogP contribution in [0.4, 0.5) is 5.82 Å². The van der Waals surface area contributed by atoms with Crippen LogP contribution in [0.1, 0.15) is 59.3 Å². The zero-order valence-electron chi connectivity index (χ0n) is 20.5. The van der Waals surface area contributed by atoms with E-state index in [1.165, 1.54) is 0 Å². The standard InChI is InChI=1S/C24H37N5O2Si/c1-8-29-20-13-22(26-14-19(20)23(28-29)21-15-25-16(2)30-21)27-17-9-11-18(12-10-17)31-32(6,7)24(3,4)5/h13-15,17-18H,8-12H2,1-7H3,(H,26,27). The van der Waals surface area contributed by atoms with Crippen LogP contribution < -0.4 is 5.32 Å². The molecule has 174 valence electrons. The van der Waals surface area contributed by atoms with E-state index in [1.54, 1.807) is 6.20 Å². The number of hydrogen-bond donors (Lipinski definition) is 1. The number of nitrogens with zero attached hydrogens (tertiary/aromatic N) is 4. The molecule has 3 heterocycles. The Balaban J connectivity index is 1.44. The van der Waals surface area contributed by atoms with Gasteiger partial charge in [-0.25, -0.2) is 9.97 Å². The molecular weight excluding hydrogens is 418 g/mol. The lowest BCUT2D eigenvalue weighted by molar-refractivity contribution is 0.133.